The van der Waals surface area contributed by atoms with Gasteiger partial charge in [-0.15, -0.1) is 0 Å². The van der Waals surface area contributed by atoms with Gasteiger partial charge < -0.3 is 4.57 Å². The maximum absolute atomic E-state index is 5.64. The molecule has 0 radical (unpaired) electrons. The molecule has 98 valence electrons. The van der Waals surface area contributed by atoms with Crippen LogP contribution in [0, 0.1) is 11.3 Å². The molecule has 0 amide bonds. The highest BCUT2D eigenvalue weighted by Gasteiger charge is 2.21. The molecule has 2 unspecified atom stereocenters. The molecule has 1 rings (SSSR count). The van der Waals surface area contributed by atoms with Gasteiger partial charge in [-0.2, -0.15) is 0 Å². The van der Waals surface area contributed by atoms with E-state index < -0.39 is 0 Å². The number of nitrogens with one attached hydrogen (secondary N) is 1. The van der Waals surface area contributed by atoms with Crippen molar-refractivity contribution in [1.82, 2.24) is 15.0 Å². The van der Waals surface area contributed by atoms with E-state index in [-0.39, 0.29) is 6.04 Å². The van der Waals surface area contributed by atoms with Crippen molar-refractivity contribution in [2.75, 3.05) is 0 Å². The summed E-state index contributed by atoms with van der Waals surface area (Å²) >= 11 is 0. The fourth-order valence-electron chi connectivity index (χ4n) is 2.49. The molecule has 0 aliphatic heterocycles. The summed E-state index contributed by atoms with van der Waals surface area (Å²) in [6.07, 6.45) is 5.97. The summed E-state index contributed by atoms with van der Waals surface area (Å²) in [6, 6.07) is 0.132. The third-order valence-electron chi connectivity index (χ3n) is 2.97. The zero-order chi connectivity index (χ0) is 13.1. The summed E-state index contributed by atoms with van der Waals surface area (Å²) in [6.45, 7) is 9.10. The monoisotopic (exact) mass is 238 g/mol. The number of aryl methyl sites for hydroxylation is 1. The first kappa shape index (κ1) is 14.2. The molecule has 1 heterocycles. The van der Waals surface area contributed by atoms with Gasteiger partial charge in [0, 0.05) is 19.4 Å². The smallest absolute Gasteiger partial charge is 0.126 e. The highest BCUT2D eigenvalue weighted by Crippen LogP contribution is 2.29. The number of hydrazine groups is 1. The van der Waals surface area contributed by atoms with Crippen LogP contribution < -0.4 is 11.3 Å². The van der Waals surface area contributed by atoms with E-state index in [2.05, 4.69) is 38.1 Å². The molecular formula is C13H26N4. The van der Waals surface area contributed by atoms with E-state index in [0.717, 1.165) is 12.2 Å². The second kappa shape index (κ2) is 5.65. The first-order valence-corrected chi connectivity index (χ1v) is 6.27. The van der Waals surface area contributed by atoms with Crippen molar-refractivity contribution >= 4 is 0 Å². The van der Waals surface area contributed by atoms with Crippen LogP contribution in [0.25, 0.3) is 0 Å². The number of hydrogen-bond donors (Lipinski definition) is 2. The van der Waals surface area contributed by atoms with Crippen molar-refractivity contribution in [2.45, 2.75) is 46.6 Å². The molecule has 0 saturated carbocycles. The normalized spacial score (nSPS) is 15.9. The van der Waals surface area contributed by atoms with Gasteiger partial charge in [-0.3, -0.25) is 5.84 Å². The second-order valence-electron chi connectivity index (χ2n) is 6.22. The predicted molar refractivity (Wildman–Crippen MR) is 71.1 cm³/mol. The quantitative estimate of drug-likeness (QED) is 0.611. The summed E-state index contributed by atoms with van der Waals surface area (Å²) < 4.78 is 2.02. The molecule has 4 nitrogen and oxygen atoms in total. The van der Waals surface area contributed by atoms with Crippen LogP contribution in [0.1, 0.15) is 52.4 Å². The molecule has 1 aromatic rings. The third kappa shape index (κ3) is 4.48. The Morgan fingerprint density at radius 1 is 1.47 bits per heavy atom. The lowest BCUT2D eigenvalue weighted by Gasteiger charge is -2.26. The second-order valence-corrected chi connectivity index (χ2v) is 6.22. The van der Waals surface area contributed by atoms with E-state index in [1.165, 1.54) is 6.42 Å². The fraction of sp³-hybridized carbons (Fsp3) is 0.769. The van der Waals surface area contributed by atoms with Crippen LogP contribution in [0.5, 0.6) is 0 Å². The van der Waals surface area contributed by atoms with Crippen LogP contribution in [0.2, 0.25) is 0 Å². The molecular weight excluding hydrogens is 212 g/mol. The lowest BCUT2D eigenvalue weighted by Crippen LogP contribution is -2.31. The summed E-state index contributed by atoms with van der Waals surface area (Å²) in [5.74, 6) is 7.27. The topological polar surface area (TPSA) is 55.9 Å². The van der Waals surface area contributed by atoms with Gasteiger partial charge in [0.1, 0.15) is 5.82 Å². The number of nitrogens with two attached hydrogens (primary N) is 1. The molecule has 0 aromatic carbocycles. The SMILES string of the molecule is CC(CC(NN)c1nccn1C)CC(C)(C)C. The number of imidazole rings is 1. The maximum atomic E-state index is 5.64. The molecule has 17 heavy (non-hydrogen) atoms. The summed E-state index contributed by atoms with van der Waals surface area (Å²) in [7, 11) is 2.00. The minimum Gasteiger partial charge on any atom is -0.337 e. The molecule has 0 saturated heterocycles. The molecule has 3 N–H and O–H groups in total. The van der Waals surface area contributed by atoms with Crippen LogP contribution in [-0.4, -0.2) is 9.55 Å². The fourth-order valence-corrected chi connectivity index (χ4v) is 2.49. The number of aromatic nitrogens is 2. The number of rotatable bonds is 5. The molecule has 0 aliphatic carbocycles. The summed E-state index contributed by atoms with van der Waals surface area (Å²) in [5, 5.41) is 0. The molecule has 1 aromatic heterocycles. The number of hydrogen-bond acceptors (Lipinski definition) is 3. The lowest BCUT2D eigenvalue weighted by atomic mass is 9.83. The Hall–Kier alpha value is -0.870. The van der Waals surface area contributed by atoms with Gasteiger partial charge in [-0.25, -0.2) is 10.4 Å². The molecule has 0 bridgehead atoms. The van der Waals surface area contributed by atoms with Gasteiger partial charge in [-0.05, 0) is 24.2 Å². The van der Waals surface area contributed by atoms with Gasteiger partial charge in [-0.1, -0.05) is 27.7 Å². The van der Waals surface area contributed by atoms with Crippen LogP contribution in [0.3, 0.4) is 0 Å². The zero-order valence-electron chi connectivity index (χ0n) is 11.7. The summed E-state index contributed by atoms with van der Waals surface area (Å²) in [5.41, 5.74) is 3.24. The van der Waals surface area contributed by atoms with Gasteiger partial charge in [0.15, 0.2) is 0 Å². The van der Waals surface area contributed by atoms with E-state index in [4.69, 9.17) is 5.84 Å². The Morgan fingerprint density at radius 2 is 2.12 bits per heavy atom. The zero-order valence-corrected chi connectivity index (χ0v) is 11.7. The average Bonchev–Trinajstić information content (AvgIpc) is 2.58. The van der Waals surface area contributed by atoms with Crippen LogP contribution in [0.4, 0.5) is 0 Å². The Balaban J connectivity index is 2.62. The van der Waals surface area contributed by atoms with Crippen molar-refractivity contribution in [3.8, 4) is 0 Å². The lowest BCUT2D eigenvalue weighted by molar-refractivity contribution is 0.272. The third-order valence-corrected chi connectivity index (χ3v) is 2.97. The van der Waals surface area contributed by atoms with Crippen molar-refractivity contribution < 1.29 is 0 Å². The molecule has 0 fully saturated rings. The minimum atomic E-state index is 0.132. The Labute approximate surface area is 105 Å². The van der Waals surface area contributed by atoms with Crippen LogP contribution in [-0.2, 0) is 7.05 Å². The molecule has 0 spiro atoms. The van der Waals surface area contributed by atoms with E-state index in [0.29, 0.717) is 11.3 Å². The van der Waals surface area contributed by atoms with Crippen molar-refractivity contribution in [3.63, 3.8) is 0 Å². The highest BCUT2D eigenvalue weighted by molar-refractivity contribution is 4.98. The van der Waals surface area contributed by atoms with Crippen molar-refractivity contribution in [2.24, 2.45) is 24.2 Å². The molecule has 0 aliphatic rings. The van der Waals surface area contributed by atoms with E-state index in [1.54, 1.807) is 0 Å². The van der Waals surface area contributed by atoms with E-state index >= 15 is 0 Å². The van der Waals surface area contributed by atoms with E-state index in [1.807, 2.05) is 24.0 Å². The Kier molecular flexibility index (Phi) is 4.71. The van der Waals surface area contributed by atoms with Crippen LogP contribution in [0.15, 0.2) is 12.4 Å². The highest BCUT2D eigenvalue weighted by atomic mass is 15.3. The van der Waals surface area contributed by atoms with Crippen molar-refractivity contribution in [1.29, 1.82) is 0 Å². The van der Waals surface area contributed by atoms with Gasteiger partial charge in [0.2, 0.25) is 0 Å². The van der Waals surface area contributed by atoms with Gasteiger partial charge in [0.05, 0.1) is 6.04 Å². The minimum absolute atomic E-state index is 0.132. The van der Waals surface area contributed by atoms with Gasteiger partial charge in [0.25, 0.3) is 0 Å². The predicted octanol–water partition coefficient (Wildman–Crippen LogP) is 2.39. The average molecular weight is 238 g/mol. The first-order chi connectivity index (χ1) is 7.83. The van der Waals surface area contributed by atoms with Crippen molar-refractivity contribution in [3.05, 3.63) is 18.2 Å². The van der Waals surface area contributed by atoms with E-state index in [9.17, 15) is 0 Å². The van der Waals surface area contributed by atoms with Gasteiger partial charge >= 0.3 is 0 Å². The Bertz CT molecular complexity index is 337. The molecule has 2 atom stereocenters. The standard InChI is InChI=1S/C13H26N4/c1-10(9-13(2,3)4)8-11(16-14)12-15-6-7-17(12)5/h6-7,10-11,16H,8-9,14H2,1-5H3. The first-order valence-electron chi connectivity index (χ1n) is 6.27. The number of nitrogens with zero attached hydrogens (tertiary/aromatic N) is 2. The van der Waals surface area contributed by atoms with Crippen LogP contribution >= 0.6 is 0 Å². The molecule has 4 heteroatoms. The Morgan fingerprint density at radius 3 is 2.53 bits per heavy atom. The maximum Gasteiger partial charge on any atom is 0.126 e. The summed E-state index contributed by atoms with van der Waals surface area (Å²) in [4.78, 5) is 4.36. The largest absolute Gasteiger partial charge is 0.337 e.